The summed E-state index contributed by atoms with van der Waals surface area (Å²) in [5, 5.41) is 0. The fourth-order valence-electron chi connectivity index (χ4n) is 1.92. The molecular weight excluding hydrogens is 190 g/mol. The van der Waals surface area contributed by atoms with Crippen molar-refractivity contribution in [2.45, 2.75) is 52.0 Å². The van der Waals surface area contributed by atoms with Crippen LogP contribution in [0.2, 0.25) is 0 Å². The quantitative estimate of drug-likeness (QED) is 0.727. The van der Waals surface area contributed by atoms with Crippen LogP contribution >= 0.6 is 0 Å². The van der Waals surface area contributed by atoms with Crippen LogP contribution in [0, 0.1) is 11.8 Å². The summed E-state index contributed by atoms with van der Waals surface area (Å²) in [5.74, 6) is 0.487. The zero-order valence-electron chi connectivity index (χ0n) is 9.87. The highest BCUT2D eigenvalue weighted by Gasteiger charge is 2.21. The van der Waals surface area contributed by atoms with E-state index in [1.165, 1.54) is 32.1 Å². The Morgan fingerprint density at radius 3 is 2.47 bits per heavy atom. The van der Waals surface area contributed by atoms with E-state index < -0.39 is 6.04 Å². The first-order valence-corrected chi connectivity index (χ1v) is 6.03. The molecule has 0 spiro atoms. The van der Waals surface area contributed by atoms with Gasteiger partial charge in [0.25, 0.3) is 0 Å². The molecular formula is C12H23NO2. The third-order valence-corrected chi connectivity index (χ3v) is 3.18. The zero-order valence-corrected chi connectivity index (χ0v) is 9.87. The number of carbonyl (C=O) groups excluding carboxylic acids is 1. The van der Waals surface area contributed by atoms with Crippen LogP contribution in [-0.2, 0) is 9.53 Å². The highest BCUT2D eigenvalue weighted by atomic mass is 16.5. The van der Waals surface area contributed by atoms with Crippen LogP contribution in [0.25, 0.3) is 0 Å². The Morgan fingerprint density at radius 2 is 1.93 bits per heavy atom. The van der Waals surface area contributed by atoms with E-state index >= 15 is 0 Å². The van der Waals surface area contributed by atoms with Crippen molar-refractivity contribution in [3.8, 4) is 0 Å². The second-order valence-corrected chi connectivity index (χ2v) is 4.90. The molecule has 0 unspecified atom stereocenters. The largest absolute Gasteiger partial charge is 0.464 e. The van der Waals surface area contributed by atoms with Crippen LogP contribution in [0.15, 0.2) is 0 Å². The summed E-state index contributed by atoms with van der Waals surface area (Å²) in [5.41, 5.74) is 5.70. The molecule has 0 aromatic carbocycles. The minimum absolute atomic E-state index is 0.156. The summed E-state index contributed by atoms with van der Waals surface area (Å²) in [6, 6.07) is -0.464. The van der Waals surface area contributed by atoms with E-state index in [9.17, 15) is 4.79 Å². The zero-order chi connectivity index (χ0) is 11.3. The van der Waals surface area contributed by atoms with E-state index in [1.807, 2.05) is 13.8 Å². The van der Waals surface area contributed by atoms with Crippen molar-refractivity contribution in [1.82, 2.24) is 0 Å². The Bertz CT molecular complexity index is 198. The average Bonchev–Trinajstić information content (AvgIpc) is 2.26. The van der Waals surface area contributed by atoms with Gasteiger partial charge in [0.2, 0.25) is 0 Å². The maximum atomic E-state index is 11.5. The standard InChI is InChI=1S/C12H23NO2/c1-9(2)11(13)12(14)15-8-10-6-4-3-5-7-10/h9-11H,3-8,13H2,1-2H3/t11-/m1/s1. The molecule has 2 N–H and O–H groups in total. The minimum atomic E-state index is -0.464. The van der Waals surface area contributed by atoms with Gasteiger partial charge in [-0.25, -0.2) is 0 Å². The molecule has 0 amide bonds. The fourth-order valence-corrected chi connectivity index (χ4v) is 1.92. The molecule has 0 aromatic rings. The van der Waals surface area contributed by atoms with E-state index in [1.54, 1.807) is 0 Å². The molecule has 0 aliphatic heterocycles. The van der Waals surface area contributed by atoms with Crippen molar-refractivity contribution in [3.05, 3.63) is 0 Å². The number of hydrogen-bond acceptors (Lipinski definition) is 3. The summed E-state index contributed by atoms with van der Waals surface area (Å²) in [6.07, 6.45) is 6.28. The minimum Gasteiger partial charge on any atom is -0.464 e. The maximum absolute atomic E-state index is 11.5. The first-order chi connectivity index (χ1) is 7.11. The Balaban J connectivity index is 2.20. The van der Waals surface area contributed by atoms with Crippen molar-refractivity contribution in [2.24, 2.45) is 17.6 Å². The highest BCUT2D eigenvalue weighted by Crippen LogP contribution is 2.23. The molecule has 1 fully saturated rings. The molecule has 3 heteroatoms. The average molecular weight is 213 g/mol. The summed E-state index contributed by atoms with van der Waals surface area (Å²) in [6.45, 7) is 4.44. The lowest BCUT2D eigenvalue weighted by Crippen LogP contribution is -2.37. The molecule has 1 saturated carbocycles. The summed E-state index contributed by atoms with van der Waals surface area (Å²) < 4.78 is 5.24. The summed E-state index contributed by atoms with van der Waals surface area (Å²) >= 11 is 0. The van der Waals surface area contributed by atoms with Gasteiger partial charge < -0.3 is 10.5 Å². The normalized spacial score (nSPS) is 20.3. The molecule has 88 valence electrons. The van der Waals surface area contributed by atoms with E-state index in [0.29, 0.717) is 12.5 Å². The molecule has 1 rings (SSSR count). The van der Waals surface area contributed by atoms with Gasteiger partial charge in [-0.15, -0.1) is 0 Å². The van der Waals surface area contributed by atoms with E-state index in [-0.39, 0.29) is 11.9 Å². The van der Waals surface area contributed by atoms with Gasteiger partial charge >= 0.3 is 5.97 Å². The Kier molecular flexibility index (Phi) is 5.09. The number of esters is 1. The number of ether oxygens (including phenoxy) is 1. The van der Waals surface area contributed by atoms with Crippen molar-refractivity contribution >= 4 is 5.97 Å². The third-order valence-electron chi connectivity index (χ3n) is 3.18. The van der Waals surface area contributed by atoms with Gasteiger partial charge in [0.05, 0.1) is 6.61 Å². The van der Waals surface area contributed by atoms with Crippen molar-refractivity contribution < 1.29 is 9.53 Å². The van der Waals surface area contributed by atoms with Crippen LogP contribution in [0.3, 0.4) is 0 Å². The van der Waals surface area contributed by atoms with E-state index in [4.69, 9.17) is 10.5 Å². The first kappa shape index (κ1) is 12.5. The van der Waals surface area contributed by atoms with Gasteiger partial charge in [-0.1, -0.05) is 33.1 Å². The van der Waals surface area contributed by atoms with Crippen molar-refractivity contribution in [3.63, 3.8) is 0 Å². The topological polar surface area (TPSA) is 52.3 Å². The number of carbonyl (C=O) groups is 1. The second kappa shape index (κ2) is 6.11. The SMILES string of the molecule is CC(C)[C@@H](N)C(=O)OCC1CCCCC1. The summed E-state index contributed by atoms with van der Waals surface area (Å²) in [7, 11) is 0. The van der Waals surface area contributed by atoms with Crippen LogP contribution in [0.5, 0.6) is 0 Å². The fraction of sp³-hybridized carbons (Fsp3) is 0.917. The van der Waals surface area contributed by atoms with Crippen LogP contribution in [-0.4, -0.2) is 18.6 Å². The second-order valence-electron chi connectivity index (χ2n) is 4.90. The van der Waals surface area contributed by atoms with Gasteiger partial charge in [0, 0.05) is 0 Å². The van der Waals surface area contributed by atoms with Gasteiger partial charge in [0.1, 0.15) is 6.04 Å². The number of hydrogen-bond donors (Lipinski definition) is 1. The molecule has 15 heavy (non-hydrogen) atoms. The van der Waals surface area contributed by atoms with Gasteiger partial charge in [0.15, 0.2) is 0 Å². The Labute approximate surface area is 92.4 Å². The van der Waals surface area contributed by atoms with Crippen LogP contribution in [0.1, 0.15) is 46.0 Å². The lowest BCUT2D eigenvalue weighted by atomic mass is 9.90. The van der Waals surface area contributed by atoms with Crippen molar-refractivity contribution in [1.29, 1.82) is 0 Å². The third kappa shape index (κ3) is 4.20. The molecule has 0 bridgehead atoms. The molecule has 0 heterocycles. The van der Waals surface area contributed by atoms with Gasteiger partial charge in [-0.2, -0.15) is 0 Å². The predicted octanol–water partition coefficient (Wildman–Crippen LogP) is 2.09. The highest BCUT2D eigenvalue weighted by molar-refractivity contribution is 5.75. The first-order valence-electron chi connectivity index (χ1n) is 6.03. The Hall–Kier alpha value is -0.570. The van der Waals surface area contributed by atoms with Crippen molar-refractivity contribution in [2.75, 3.05) is 6.61 Å². The molecule has 3 nitrogen and oxygen atoms in total. The van der Waals surface area contributed by atoms with E-state index in [0.717, 1.165) is 0 Å². The number of nitrogens with two attached hydrogens (primary N) is 1. The maximum Gasteiger partial charge on any atom is 0.323 e. The van der Waals surface area contributed by atoms with Gasteiger partial charge in [-0.05, 0) is 24.7 Å². The van der Waals surface area contributed by atoms with Gasteiger partial charge in [-0.3, -0.25) is 4.79 Å². The smallest absolute Gasteiger partial charge is 0.323 e. The monoisotopic (exact) mass is 213 g/mol. The molecule has 0 saturated heterocycles. The molecule has 1 aliphatic rings. The molecule has 1 aliphatic carbocycles. The Morgan fingerprint density at radius 1 is 1.33 bits per heavy atom. The lowest BCUT2D eigenvalue weighted by Gasteiger charge is -2.22. The molecule has 0 radical (unpaired) electrons. The van der Waals surface area contributed by atoms with Crippen LogP contribution < -0.4 is 5.73 Å². The molecule has 0 aromatic heterocycles. The van der Waals surface area contributed by atoms with Crippen LogP contribution in [0.4, 0.5) is 0 Å². The van der Waals surface area contributed by atoms with E-state index in [2.05, 4.69) is 0 Å². The predicted molar refractivity (Wildman–Crippen MR) is 60.3 cm³/mol. The lowest BCUT2D eigenvalue weighted by molar-refractivity contribution is -0.148. The summed E-state index contributed by atoms with van der Waals surface area (Å²) in [4.78, 5) is 11.5. The molecule has 1 atom stereocenters. The number of rotatable bonds is 4.